The van der Waals surface area contributed by atoms with Gasteiger partial charge in [-0.15, -0.1) is 0 Å². The van der Waals surface area contributed by atoms with E-state index in [0.717, 1.165) is 11.1 Å². The topological polar surface area (TPSA) is 74.1 Å². The first-order chi connectivity index (χ1) is 12.2. The highest BCUT2D eigenvalue weighted by Gasteiger charge is 2.12. The van der Waals surface area contributed by atoms with Crippen LogP contribution in [0.5, 0.6) is 11.5 Å². The summed E-state index contributed by atoms with van der Waals surface area (Å²) in [6.45, 7) is 3.06. The van der Waals surface area contributed by atoms with Gasteiger partial charge < -0.3 is 14.8 Å². The lowest BCUT2D eigenvalue weighted by Gasteiger charge is -2.15. The number of ether oxygens (including phenoxy) is 2. The molecular weight excluding hydrogens is 318 g/mol. The molecule has 3 rings (SSSR count). The molecule has 3 aromatic rings. The Morgan fingerprint density at radius 3 is 2.60 bits per heavy atom. The number of anilines is 1. The molecule has 25 heavy (non-hydrogen) atoms. The Kier molecular flexibility index (Phi) is 5.13. The van der Waals surface area contributed by atoms with E-state index in [-0.39, 0.29) is 0 Å². The Balaban J connectivity index is 1.76. The minimum atomic E-state index is 0.471. The molecule has 0 fully saturated rings. The Hall–Kier alpha value is -3.09. The second kappa shape index (κ2) is 7.65. The molecule has 1 aromatic heterocycles. The number of nitrogens with one attached hydrogen (secondary N) is 1. The molecule has 0 radical (unpaired) electrons. The second-order valence-corrected chi connectivity index (χ2v) is 5.70. The van der Waals surface area contributed by atoms with Gasteiger partial charge >= 0.3 is 0 Å². The van der Waals surface area contributed by atoms with Crippen LogP contribution in [0, 0.1) is 6.92 Å². The zero-order chi connectivity index (χ0) is 17.6. The summed E-state index contributed by atoms with van der Waals surface area (Å²) in [4.78, 5) is 0. The van der Waals surface area contributed by atoms with E-state index in [9.17, 15) is 0 Å². The average molecular weight is 339 g/mol. The predicted molar refractivity (Wildman–Crippen MR) is 94.6 cm³/mol. The lowest BCUT2D eigenvalue weighted by Crippen LogP contribution is -2.08. The largest absolute Gasteiger partial charge is 0.493 e. The summed E-state index contributed by atoms with van der Waals surface area (Å²) in [7, 11) is 3.42. The van der Waals surface area contributed by atoms with E-state index >= 15 is 0 Å². The molecule has 0 saturated carbocycles. The Morgan fingerprint density at radius 1 is 1.12 bits per heavy atom. The summed E-state index contributed by atoms with van der Waals surface area (Å²) in [5.41, 5.74) is 3.30. The van der Waals surface area contributed by atoms with Gasteiger partial charge in [-0.2, -0.15) is 0 Å². The summed E-state index contributed by atoms with van der Waals surface area (Å²) in [5.74, 6) is 2.00. The van der Waals surface area contributed by atoms with Crippen LogP contribution in [0.15, 0.2) is 42.5 Å². The van der Waals surface area contributed by atoms with Crippen molar-refractivity contribution in [2.75, 3.05) is 12.4 Å². The van der Waals surface area contributed by atoms with E-state index in [1.807, 2.05) is 18.2 Å². The number of nitrogens with zero attached hydrogens (tertiary/aromatic N) is 4. The Labute approximate surface area is 146 Å². The van der Waals surface area contributed by atoms with Crippen molar-refractivity contribution in [1.29, 1.82) is 0 Å². The van der Waals surface area contributed by atoms with Crippen LogP contribution in [0.1, 0.15) is 16.7 Å². The molecule has 0 atom stereocenters. The maximum atomic E-state index is 6.06. The molecule has 1 heterocycles. The maximum Gasteiger partial charge on any atom is 0.242 e. The van der Waals surface area contributed by atoms with Gasteiger partial charge in [0.15, 0.2) is 11.5 Å². The molecule has 7 nitrogen and oxygen atoms in total. The van der Waals surface area contributed by atoms with Gasteiger partial charge in [0.1, 0.15) is 6.61 Å². The van der Waals surface area contributed by atoms with Gasteiger partial charge in [-0.25, -0.2) is 4.68 Å². The number of tetrazole rings is 1. The Morgan fingerprint density at radius 2 is 1.92 bits per heavy atom. The number of benzene rings is 2. The molecule has 130 valence electrons. The number of hydrogen-bond donors (Lipinski definition) is 1. The molecular formula is C18H21N5O2. The SMILES string of the molecule is COc1cccc(CNc2nnnn2C)c1OCc1ccc(C)cc1. The monoisotopic (exact) mass is 339 g/mol. The number of aryl methyl sites for hydroxylation is 2. The molecule has 0 saturated heterocycles. The molecule has 7 heteroatoms. The highest BCUT2D eigenvalue weighted by molar-refractivity contribution is 5.48. The number of rotatable bonds is 7. The first kappa shape index (κ1) is 16.8. The van der Waals surface area contributed by atoms with E-state index in [2.05, 4.69) is 52.0 Å². The van der Waals surface area contributed by atoms with Gasteiger partial charge in [-0.1, -0.05) is 47.1 Å². The number of para-hydroxylation sites is 1. The van der Waals surface area contributed by atoms with Crippen molar-refractivity contribution in [1.82, 2.24) is 20.2 Å². The molecule has 0 amide bonds. The van der Waals surface area contributed by atoms with Crippen LogP contribution in [0.2, 0.25) is 0 Å². The van der Waals surface area contributed by atoms with Crippen LogP contribution in [0.25, 0.3) is 0 Å². The Bertz CT molecular complexity index is 830. The van der Waals surface area contributed by atoms with Crippen molar-refractivity contribution in [3.05, 3.63) is 59.2 Å². The lowest BCUT2D eigenvalue weighted by atomic mass is 10.1. The summed E-state index contributed by atoms with van der Waals surface area (Å²) >= 11 is 0. The molecule has 0 aliphatic heterocycles. The standard InChI is InChI=1S/C18H21N5O2/c1-13-7-9-14(10-8-13)12-25-17-15(5-4-6-16(17)24-3)11-19-18-20-21-22-23(18)2/h4-10H,11-12H2,1-3H3,(H,19,20,22). The molecule has 0 bridgehead atoms. The van der Waals surface area contributed by atoms with E-state index in [0.29, 0.717) is 30.6 Å². The van der Waals surface area contributed by atoms with Gasteiger partial charge in [0.25, 0.3) is 0 Å². The number of hydrogen-bond acceptors (Lipinski definition) is 6. The minimum absolute atomic E-state index is 0.471. The van der Waals surface area contributed by atoms with Gasteiger partial charge in [0.2, 0.25) is 5.95 Å². The number of aromatic nitrogens is 4. The molecule has 0 spiro atoms. The fourth-order valence-electron chi connectivity index (χ4n) is 2.42. The third-order valence-electron chi connectivity index (χ3n) is 3.84. The van der Waals surface area contributed by atoms with E-state index < -0.39 is 0 Å². The zero-order valence-corrected chi connectivity index (χ0v) is 14.6. The van der Waals surface area contributed by atoms with Crippen molar-refractivity contribution in [3.63, 3.8) is 0 Å². The smallest absolute Gasteiger partial charge is 0.242 e. The highest BCUT2D eigenvalue weighted by Crippen LogP contribution is 2.32. The fourth-order valence-corrected chi connectivity index (χ4v) is 2.42. The van der Waals surface area contributed by atoms with Crippen molar-refractivity contribution in [2.24, 2.45) is 7.05 Å². The minimum Gasteiger partial charge on any atom is -0.493 e. The third kappa shape index (κ3) is 4.06. The summed E-state index contributed by atoms with van der Waals surface area (Å²) in [6.07, 6.45) is 0. The first-order valence-electron chi connectivity index (χ1n) is 7.98. The molecule has 1 N–H and O–H groups in total. The summed E-state index contributed by atoms with van der Waals surface area (Å²) in [6, 6.07) is 14.1. The van der Waals surface area contributed by atoms with Crippen LogP contribution in [0.3, 0.4) is 0 Å². The molecule has 0 aliphatic carbocycles. The van der Waals surface area contributed by atoms with Crippen LogP contribution in [-0.4, -0.2) is 27.3 Å². The van der Waals surface area contributed by atoms with Crippen LogP contribution in [0.4, 0.5) is 5.95 Å². The van der Waals surface area contributed by atoms with E-state index in [1.54, 1.807) is 18.8 Å². The van der Waals surface area contributed by atoms with Crippen LogP contribution < -0.4 is 14.8 Å². The highest BCUT2D eigenvalue weighted by atomic mass is 16.5. The zero-order valence-electron chi connectivity index (χ0n) is 14.6. The summed E-state index contributed by atoms with van der Waals surface area (Å²) in [5, 5.41) is 14.5. The lowest BCUT2D eigenvalue weighted by molar-refractivity contribution is 0.281. The molecule has 0 unspecified atom stereocenters. The van der Waals surface area contributed by atoms with Crippen molar-refractivity contribution in [2.45, 2.75) is 20.1 Å². The molecule has 0 aliphatic rings. The van der Waals surface area contributed by atoms with Crippen molar-refractivity contribution in [3.8, 4) is 11.5 Å². The van der Waals surface area contributed by atoms with Gasteiger partial charge in [-0.3, -0.25) is 0 Å². The second-order valence-electron chi connectivity index (χ2n) is 5.70. The number of methoxy groups -OCH3 is 1. The quantitative estimate of drug-likeness (QED) is 0.713. The van der Waals surface area contributed by atoms with E-state index in [1.165, 1.54) is 5.56 Å². The molecule has 2 aromatic carbocycles. The predicted octanol–water partition coefficient (Wildman–Crippen LogP) is 2.72. The van der Waals surface area contributed by atoms with E-state index in [4.69, 9.17) is 9.47 Å². The van der Waals surface area contributed by atoms with Gasteiger partial charge in [-0.05, 0) is 29.0 Å². The van der Waals surface area contributed by atoms with Crippen LogP contribution >= 0.6 is 0 Å². The summed E-state index contributed by atoms with van der Waals surface area (Å²) < 4.78 is 13.1. The van der Waals surface area contributed by atoms with Crippen LogP contribution in [-0.2, 0) is 20.2 Å². The maximum absolute atomic E-state index is 6.06. The third-order valence-corrected chi connectivity index (χ3v) is 3.84. The van der Waals surface area contributed by atoms with Gasteiger partial charge in [0.05, 0.1) is 7.11 Å². The first-order valence-corrected chi connectivity index (χ1v) is 7.98. The van der Waals surface area contributed by atoms with Crippen molar-refractivity contribution >= 4 is 5.95 Å². The normalized spacial score (nSPS) is 10.5. The van der Waals surface area contributed by atoms with Gasteiger partial charge in [0, 0.05) is 19.2 Å². The fraction of sp³-hybridized carbons (Fsp3) is 0.278. The van der Waals surface area contributed by atoms with Crippen molar-refractivity contribution < 1.29 is 9.47 Å². The average Bonchev–Trinajstić information content (AvgIpc) is 3.04.